The maximum Gasteiger partial charge on any atom is 0.341 e. The van der Waals surface area contributed by atoms with Gasteiger partial charge in [0, 0.05) is 18.1 Å². The molecule has 2 aromatic rings. The van der Waals surface area contributed by atoms with Gasteiger partial charge in [0.1, 0.15) is 22.8 Å². The van der Waals surface area contributed by atoms with E-state index in [2.05, 4.69) is 5.16 Å². The zero-order valence-corrected chi connectivity index (χ0v) is 11.5. The summed E-state index contributed by atoms with van der Waals surface area (Å²) in [6.07, 6.45) is 0.451. The van der Waals surface area contributed by atoms with Crippen LogP contribution in [-0.2, 0) is 6.42 Å². The number of ether oxygens (including phenoxy) is 2. The van der Waals surface area contributed by atoms with Crippen molar-refractivity contribution in [2.45, 2.75) is 13.3 Å². The summed E-state index contributed by atoms with van der Waals surface area (Å²) < 4.78 is 15.5. The average molecular weight is 277 g/mol. The van der Waals surface area contributed by atoms with Crippen molar-refractivity contribution < 1.29 is 23.9 Å². The first-order valence-corrected chi connectivity index (χ1v) is 6.06. The van der Waals surface area contributed by atoms with Gasteiger partial charge < -0.3 is 19.1 Å². The zero-order chi connectivity index (χ0) is 14.7. The van der Waals surface area contributed by atoms with Crippen molar-refractivity contribution in [2.75, 3.05) is 14.2 Å². The highest BCUT2D eigenvalue weighted by Crippen LogP contribution is 2.35. The molecule has 2 rings (SSSR count). The third-order valence-corrected chi connectivity index (χ3v) is 2.96. The summed E-state index contributed by atoms with van der Waals surface area (Å²) >= 11 is 0. The van der Waals surface area contributed by atoms with Gasteiger partial charge in [-0.25, -0.2) is 4.79 Å². The van der Waals surface area contributed by atoms with Crippen LogP contribution in [0.5, 0.6) is 11.5 Å². The van der Waals surface area contributed by atoms with Gasteiger partial charge in [0.15, 0.2) is 5.76 Å². The number of aromatic carboxylic acids is 1. The molecule has 20 heavy (non-hydrogen) atoms. The maximum atomic E-state index is 11.4. The van der Waals surface area contributed by atoms with Crippen LogP contribution in [0.15, 0.2) is 22.7 Å². The van der Waals surface area contributed by atoms with E-state index in [1.165, 1.54) is 7.11 Å². The molecule has 0 saturated carbocycles. The van der Waals surface area contributed by atoms with Gasteiger partial charge in [0.2, 0.25) is 0 Å². The lowest BCUT2D eigenvalue weighted by Crippen LogP contribution is -2.01. The smallest absolute Gasteiger partial charge is 0.341 e. The number of benzene rings is 1. The Kier molecular flexibility index (Phi) is 3.93. The number of hydrogen-bond acceptors (Lipinski definition) is 5. The molecule has 1 aromatic heterocycles. The van der Waals surface area contributed by atoms with E-state index in [9.17, 15) is 9.90 Å². The number of carbonyl (C=O) groups is 1. The lowest BCUT2D eigenvalue weighted by Gasteiger charge is -2.08. The van der Waals surface area contributed by atoms with Gasteiger partial charge in [-0.15, -0.1) is 0 Å². The van der Waals surface area contributed by atoms with E-state index in [0.717, 1.165) is 0 Å². The number of aromatic nitrogens is 1. The molecule has 0 aliphatic carbocycles. The molecule has 0 amide bonds. The molecule has 0 radical (unpaired) electrons. The molecule has 1 aromatic carbocycles. The average Bonchev–Trinajstić information content (AvgIpc) is 2.90. The number of carboxylic acids is 1. The fourth-order valence-electron chi connectivity index (χ4n) is 1.96. The first-order valence-electron chi connectivity index (χ1n) is 6.06. The van der Waals surface area contributed by atoms with Crippen LogP contribution in [0, 0.1) is 0 Å². The molecule has 0 bridgehead atoms. The van der Waals surface area contributed by atoms with E-state index in [-0.39, 0.29) is 11.3 Å². The second kappa shape index (κ2) is 5.64. The fourth-order valence-corrected chi connectivity index (χ4v) is 1.96. The lowest BCUT2D eigenvalue weighted by atomic mass is 10.0. The lowest BCUT2D eigenvalue weighted by molar-refractivity contribution is 0.0695. The van der Waals surface area contributed by atoms with Crippen LogP contribution >= 0.6 is 0 Å². The van der Waals surface area contributed by atoms with Crippen molar-refractivity contribution in [3.63, 3.8) is 0 Å². The maximum absolute atomic E-state index is 11.4. The minimum atomic E-state index is -1.07. The first-order chi connectivity index (χ1) is 9.62. The molecule has 6 nitrogen and oxygen atoms in total. The molecule has 0 atom stereocenters. The van der Waals surface area contributed by atoms with Gasteiger partial charge in [-0.2, -0.15) is 0 Å². The normalized spacial score (nSPS) is 10.3. The summed E-state index contributed by atoms with van der Waals surface area (Å²) in [6.45, 7) is 1.81. The minimum Gasteiger partial charge on any atom is -0.497 e. The molecule has 0 spiro atoms. The summed E-state index contributed by atoms with van der Waals surface area (Å²) in [6, 6.07) is 5.08. The van der Waals surface area contributed by atoms with Crippen molar-refractivity contribution in [3.8, 4) is 22.8 Å². The van der Waals surface area contributed by atoms with Crippen LogP contribution in [0.4, 0.5) is 0 Å². The number of methoxy groups -OCH3 is 2. The van der Waals surface area contributed by atoms with Crippen LogP contribution in [0.2, 0.25) is 0 Å². The molecule has 0 fully saturated rings. The van der Waals surface area contributed by atoms with Crippen LogP contribution < -0.4 is 9.47 Å². The first kappa shape index (κ1) is 13.9. The van der Waals surface area contributed by atoms with E-state index in [1.807, 2.05) is 6.92 Å². The molecule has 1 N–H and O–H groups in total. The Labute approximate surface area is 115 Å². The van der Waals surface area contributed by atoms with Crippen molar-refractivity contribution in [1.29, 1.82) is 0 Å². The highest BCUT2D eigenvalue weighted by atomic mass is 16.5. The predicted molar refractivity (Wildman–Crippen MR) is 71.4 cm³/mol. The van der Waals surface area contributed by atoms with Crippen molar-refractivity contribution in [1.82, 2.24) is 5.16 Å². The Balaban J connectivity index is 2.62. The van der Waals surface area contributed by atoms with Crippen molar-refractivity contribution in [2.24, 2.45) is 0 Å². The quantitative estimate of drug-likeness (QED) is 0.904. The Morgan fingerprint density at radius 3 is 2.65 bits per heavy atom. The van der Waals surface area contributed by atoms with Crippen LogP contribution in [0.25, 0.3) is 11.3 Å². The SMILES string of the molecule is CCc1onc(-c2ccc(OC)cc2OC)c1C(=O)O. The molecule has 0 aliphatic rings. The predicted octanol–water partition coefficient (Wildman–Crippen LogP) is 2.62. The standard InChI is InChI=1S/C14H15NO5/c1-4-10-12(14(16)17)13(15-20-10)9-6-5-8(18-2)7-11(9)19-3/h5-7H,4H2,1-3H3,(H,16,17). The summed E-state index contributed by atoms with van der Waals surface area (Å²) in [5.74, 6) is 0.353. The largest absolute Gasteiger partial charge is 0.497 e. The monoisotopic (exact) mass is 277 g/mol. The Morgan fingerprint density at radius 2 is 2.10 bits per heavy atom. The van der Waals surface area contributed by atoms with Crippen LogP contribution in [-0.4, -0.2) is 30.5 Å². The van der Waals surface area contributed by atoms with Gasteiger partial charge in [-0.1, -0.05) is 12.1 Å². The highest BCUT2D eigenvalue weighted by Gasteiger charge is 2.24. The third kappa shape index (κ3) is 2.32. The molecular weight excluding hydrogens is 262 g/mol. The molecule has 0 aliphatic heterocycles. The zero-order valence-electron chi connectivity index (χ0n) is 11.5. The van der Waals surface area contributed by atoms with Gasteiger partial charge in [0.25, 0.3) is 0 Å². The second-order valence-electron chi connectivity index (χ2n) is 4.05. The summed E-state index contributed by atoms with van der Waals surface area (Å²) in [4.78, 5) is 11.4. The third-order valence-electron chi connectivity index (χ3n) is 2.96. The van der Waals surface area contributed by atoms with Crippen LogP contribution in [0.1, 0.15) is 23.0 Å². The molecule has 1 heterocycles. The van der Waals surface area contributed by atoms with Gasteiger partial charge in [-0.3, -0.25) is 0 Å². The van der Waals surface area contributed by atoms with Gasteiger partial charge in [-0.05, 0) is 12.1 Å². The van der Waals surface area contributed by atoms with E-state index >= 15 is 0 Å². The molecule has 0 unspecified atom stereocenters. The van der Waals surface area contributed by atoms with Crippen molar-refractivity contribution in [3.05, 3.63) is 29.5 Å². The molecule has 0 saturated heterocycles. The fraction of sp³-hybridized carbons (Fsp3) is 0.286. The number of rotatable bonds is 5. The Bertz CT molecular complexity index is 632. The van der Waals surface area contributed by atoms with E-state index in [1.54, 1.807) is 25.3 Å². The minimum absolute atomic E-state index is 0.0657. The van der Waals surface area contributed by atoms with E-state index < -0.39 is 5.97 Å². The number of aryl methyl sites for hydroxylation is 1. The Morgan fingerprint density at radius 1 is 1.35 bits per heavy atom. The number of nitrogens with zero attached hydrogens (tertiary/aromatic N) is 1. The van der Waals surface area contributed by atoms with E-state index in [4.69, 9.17) is 14.0 Å². The van der Waals surface area contributed by atoms with Crippen molar-refractivity contribution >= 4 is 5.97 Å². The van der Waals surface area contributed by atoms with Crippen LogP contribution in [0.3, 0.4) is 0 Å². The number of carboxylic acid groups (broad SMARTS) is 1. The Hall–Kier alpha value is -2.50. The topological polar surface area (TPSA) is 81.8 Å². The van der Waals surface area contributed by atoms with Gasteiger partial charge in [0.05, 0.1) is 14.2 Å². The molecule has 106 valence electrons. The summed E-state index contributed by atoms with van der Waals surface area (Å²) in [7, 11) is 3.04. The van der Waals surface area contributed by atoms with E-state index in [0.29, 0.717) is 29.2 Å². The summed E-state index contributed by atoms with van der Waals surface area (Å²) in [5.41, 5.74) is 0.874. The molecule has 6 heteroatoms. The number of hydrogen-bond donors (Lipinski definition) is 1. The second-order valence-corrected chi connectivity index (χ2v) is 4.05. The summed E-state index contributed by atoms with van der Waals surface area (Å²) in [5, 5.41) is 13.2. The molecular formula is C14H15NO5. The highest BCUT2D eigenvalue weighted by molar-refractivity contribution is 5.96. The van der Waals surface area contributed by atoms with Gasteiger partial charge >= 0.3 is 5.97 Å².